The molecule has 0 aliphatic rings. The van der Waals surface area contributed by atoms with Crippen LogP contribution in [0.25, 0.3) is 0 Å². The average molecular weight is 295 g/mol. The molecule has 0 bridgehead atoms. The first-order chi connectivity index (χ1) is 10.2. The largest absolute Gasteiger partial charge is 0.311 e. The number of hydrogen-bond acceptors (Lipinski definition) is 4. The van der Waals surface area contributed by atoms with Gasteiger partial charge in [0.2, 0.25) is 0 Å². The standard InChI is InChI=1S/C16H33N5/c1-5-7-8-10-20(15(3)4)11-12-21-14-16(18-19-21)13-17-9-6-2/h14-15,17H,5-13H2,1-4H3. The molecule has 0 aromatic carbocycles. The fourth-order valence-corrected chi connectivity index (χ4v) is 2.35. The summed E-state index contributed by atoms with van der Waals surface area (Å²) in [5, 5.41) is 11.8. The van der Waals surface area contributed by atoms with Gasteiger partial charge in [-0.2, -0.15) is 0 Å². The summed E-state index contributed by atoms with van der Waals surface area (Å²) in [7, 11) is 0. The van der Waals surface area contributed by atoms with Crippen LogP contribution in [0.1, 0.15) is 59.1 Å². The van der Waals surface area contributed by atoms with Crippen LogP contribution < -0.4 is 5.32 Å². The number of unbranched alkanes of at least 4 members (excludes halogenated alkanes) is 2. The van der Waals surface area contributed by atoms with Crippen molar-refractivity contribution in [3.63, 3.8) is 0 Å². The predicted molar refractivity (Wildman–Crippen MR) is 88.3 cm³/mol. The molecule has 1 rings (SSSR count). The van der Waals surface area contributed by atoms with Crippen LogP contribution in [-0.2, 0) is 13.1 Å². The second-order valence-electron chi connectivity index (χ2n) is 5.99. The number of aromatic nitrogens is 3. The van der Waals surface area contributed by atoms with E-state index in [0.717, 1.165) is 38.3 Å². The van der Waals surface area contributed by atoms with Crippen molar-refractivity contribution < 1.29 is 0 Å². The van der Waals surface area contributed by atoms with Gasteiger partial charge in [0.1, 0.15) is 0 Å². The van der Waals surface area contributed by atoms with Gasteiger partial charge in [-0.25, -0.2) is 0 Å². The van der Waals surface area contributed by atoms with Gasteiger partial charge >= 0.3 is 0 Å². The lowest BCUT2D eigenvalue weighted by atomic mass is 10.2. The lowest BCUT2D eigenvalue weighted by Gasteiger charge is -2.26. The molecule has 0 aliphatic carbocycles. The zero-order chi connectivity index (χ0) is 15.5. The summed E-state index contributed by atoms with van der Waals surface area (Å²) < 4.78 is 1.97. The van der Waals surface area contributed by atoms with E-state index in [1.165, 1.54) is 25.8 Å². The maximum Gasteiger partial charge on any atom is 0.0964 e. The van der Waals surface area contributed by atoms with E-state index in [9.17, 15) is 0 Å². The van der Waals surface area contributed by atoms with Crippen LogP contribution in [0.3, 0.4) is 0 Å². The quantitative estimate of drug-likeness (QED) is 0.602. The third kappa shape index (κ3) is 7.58. The highest BCUT2D eigenvalue weighted by Gasteiger charge is 2.09. The van der Waals surface area contributed by atoms with Crippen molar-refractivity contribution in [3.05, 3.63) is 11.9 Å². The van der Waals surface area contributed by atoms with Gasteiger partial charge in [0.15, 0.2) is 0 Å². The molecule has 5 heteroatoms. The average Bonchev–Trinajstić information content (AvgIpc) is 2.90. The molecule has 1 heterocycles. The molecule has 0 saturated carbocycles. The van der Waals surface area contributed by atoms with Gasteiger partial charge < -0.3 is 5.32 Å². The second-order valence-corrected chi connectivity index (χ2v) is 5.99. The van der Waals surface area contributed by atoms with Crippen molar-refractivity contribution in [2.75, 3.05) is 19.6 Å². The summed E-state index contributed by atoms with van der Waals surface area (Å²) >= 11 is 0. The molecule has 122 valence electrons. The van der Waals surface area contributed by atoms with Crippen LogP contribution in [0.4, 0.5) is 0 Å². The van der Waals surface area contributed by atoms with Gasteiger partial charge in [-0.15, -0.1) is 5.10 Å². The molecular weight excluding hydrogens is 262 g/mol. The van der Waals surface area contributed by atoms with Gasteiger partial charge in [-0.05, 0) is 39.8 Å². The Morgan fingerprint density at radius 1 is 1.19 bits per heavy atom. The molecular formula is C16H33N5. The summed E-state index contributed by atoms with van der Waals surface area (Å²) in [4.78, 5) is 2.53. The van der Waals surface area contributed by atoms with E-state index in [0.29, 0.717) is 6.04 Å². The fraction of sp³-hybridized carbons (Fsp3) is 0.875. The zero-order valence-electron chi connectivity index (χ0n) is 14.3. The predicted octanol–water partition coefficient (Wildman–Crippen LogP) is 2.68. The molecule has 0 unspecified atom stereocenters. The van der Waals surface area contributed by atoms with Crippen LogP contribution in [0.15, 0.2) is 6.20 Å². The Kier molecular flexibility index (Phi) is 9.26. The normalized spacial score (nSPS) is 11.7. The molecule has 1 aromatic heterocycles. The van der Waals surface area contributed by atoms with E-state index in [1.807, 2.05) is 4.68 Å². The monoisotopic (exact) mass is 295 g/mol. The Morgan fingerprint density at radius 3 is 2.67 bits per heavy atom. The summed E-state index contributed by atoms with van der Waals surface area (Å²) in [6, 6.07) is 0.594. The van der Waals surface area contributed by atoms with Crippen molar-refractivity contribution in [1.82, 2.24) is 25.2 Å². The summed E-state index contributed by atoms with van der Waals surface area (Å²) in [6.07, 6.45) is 7.10. The molecule has 21 heavy (non-hydrogen) atoms. The van der Waals surface area contributed by atoms with Gasteiger partial charge in [-0.1, -0.05) is 31.9 Å². The van der Waals surface area contributed by atoms with E-state index in [1.54, 1.807) is 0 Å². The molecule has 0 amide bonds. The lowest BCUT2D eigenvalue weighted by Crippen LogP contribution is -2.34. The fourth-order valence-electron chi connectivity index (χ4n) is 2.35. The Morgan fingerprint density at radius 2 is 2.00 bits per heavy atom. The van der Waals surface area contributed by atoms with Crippen molar-refractivity contribution >= 4 is 0 Å². The van der Waals surface area contributed by atoms with E-state index < -0.39 is 0 Å². The van der Waals surface area contributed by atoms with E-state index >= 15 is 0 Å². The molecule has 0 aliphatic heterocycles. The molecule has 5 nitrogen and oxygen atoms in total. The second kappa shape index (κ2) is 10.7. The van der Waals surface area contributed by atoms with Gasteiger partial charge in [0.25, 0.3) is 0 Å². The van der Waals surface area contributed by atoms with Crippen LogP contribution in [-0.4, -0.2) is 45.6 Å². The molecule has 1 N–H and O–H groups in total. The van der Waals surface area contributed by atoms with E-state index in [-0.39, 0.29) is 0 Å². The van der Waals surface area contributed by atoms with Crippen LogP contribution in [0.2, 0.25) is 0 Å². The Labute approximate surface area is 130 Å². The number of rotatable bonds is 12. The molecule has 0 radical (unpaired) electrons. The summed E-state index contributed by atoms with van der Waals surface area (Å²) in [5.74, 6) is 0. The number of nitrogens with one attached hydrogen (secondary N) is 1. The third-order valence-corrected chi connectivity index (χ3v) is 3.71. The van der Waals surface area contributed by atoms with Crippen molar-refractivity contribution in [1.29, 1.82) is 0 Å². The molecule has 0 saturated heterocycles. The van der Waals surface area contributed by atoms with Gasteiger partial charge in [-0.3, -0.25) is 9.58 Å². The molecule has 0 atom stereocenters. The topological polar surface area (TPSA) is 46.0 Å². The summed E-state index contributed by atoms with van der Waals surface area (Å²) in [5.41, 5.74) is 1.03. The SMILES string of the molecule is CCCCCN(CCn1cc(CNCCC)nn1)C(C)C. The van der Waals surface area contributed by atoms with E-state index in [4.69, 9.17) is 0 Å². The van der Waals surface area contributed by atoms with Crippen molar-refractivity contribution in [3.8, 4) is 0 Å². The van der Waals surface area contributed by atoms with E-state index in [2.05, 4.69) is 54.4 Å². The Bertz CT molecular complexity index is 361. The highest BCUT2D eigenvalue weighted by Crippen LogP contribution is 2.04. The van der Waals surface area contributed by atoms with Crippen molar-refractivity contribution in [2.45, 2.75) is 72.5 Å². The first kappa shape index (κ1) is 18.1. The maximum absolute atomic E-state index is 4.22. The van der Waals surface area contributed by atoms with Gasteiger partial charge in [0.05, 0.1) is 12.2 Å². The van der Waals surface area contributed by atoms with Crippen LogP contribution in [0.5, 0.6) is 0 Å². The lowest BCUT2D eigenvalue weighted by molar-refractivity contribution is 0.205. The summed E-state index contributed by atoms with van der Waals surface area (Å²) in [6.45, 7) is 14.0. The highest BCUT2D eigenvalue weighted by atomic mass is 15.4. The third-order valence-electron chi connectivity index (χ3n) is 3.71. The molecule has 0 spiro atoms. The first-order valence-electron chi connectivity index (χ1n) is 8.51. The zero-order valence-corrected chi connectivity index (χ0v) is 14.3. The van der Waals surface area contributed by atoms with Crippen LogP contribution >= 0.6 is 0 Å². The smallest absolute Gasteiger partial charge is 0.0964 e. The minimum atomic E-state index is 0.594. The molecule has 0 fully saturated rings. The highest BCUT2D eigenvalue weighted by molar-refractivity contribution is 4.91. The number of hydrogen-bond donors (Lipinski definition) is 1. The van der Waals surface area contributed by atoms with Crippen molar-refractivity contribution in [2.24, 2.45) is 0 Å². The number of nitrogens with zero attached hydrogens (tertiary/aromatic N) is 4. The minimum absolute atomic E-state index is 0.594. The minimum Gasteiger partial charge on any atom is -0.311 e. The van der Waals surface area contributed by atoms with Crippen LogP contribution in [0, 0.1) is 0 Å². The molecule has 1 aromatic rings. The first-order valence-corrected chi connectivity index (χ1v) is 8.51. The Hall–Kier alpha value is -0.940. The Balaban J connectivity index is 2.34. The maximum atomic E-state index is 4.22. The van der Waals surface area contributed by atoms with Gasteiger partial charge in [0, 0.05) is 25.3 Å².